The molecule has 1 aromatic heterocycles. The summed E-state index contributed by atoms with van der Waals surface area (Å²) in [6.07, 6.45) is 2.15. The molecule has 2 unspecified atom stereocenters. The zero-order valence-corrected chi connectivity index (χ0v) is 12.5. The third kappa shape index (κ3) is 2.59. The molecule has 1 N–H and O–H groups in total. The average molecular weight is 292 g/mol. The fourth-order valence-corrected chi connectivity index (χ4v) is 4.26. The molecule has 2 bridgehead atoms. The summed E-state index contributed by atoms with van der Waals surface area (Å²) < 4.78 is 0. The fourth-order valence-electron chi connectivity index (χ4n) is 3.61. The number of hydrogen-bond donors (Lipinski definition) is 1. The van der Waals surface area contributed by atoms with Gasteiger partial charge < -0.3 is 10.2 Å². The number of hydrogen-bond acceptors (Lipinski definition) is 3. The molecular weight excluding hydrogens is 272 g/mol. The van der Waals surface area contributed by atoms with Crippen LogP contribution in [0, 0.1) is 17.8 Å². The van der Waals surface area contributed by atoms with Crippen molar-refractivity contribution in [2.45, 2.75) is 26.3 Å². The molecule has 2 atom stereocenters. The topological polar surface area (TPSA) is 49.4 Å². The lowest BCUT2D eigenvalue weighted by Gasteiger charge is -2.36. The van der Waals surface area contributed by atoms with Crippen LogP contribution < -0.4 is 5.32 Å². The van der Waals surface area contributed by atoms with Crippen LogP contribution in [-0.2, 0) is 16.1 Å². The molecule has 2 amide bonds. The van der Waals surface area contributed by atoms with E-state index in [-0.39, 0.29) is 17.7 Å². The third-order valence-electron chi connectivity index (χ3n) is 4.60. The van der Waals surface area contributed by atoms with E-state index in [1.54, 1.807) is 18.3 Å². The lowest BCUT2D eigenvalue weighted by atomic mass is 9.84. The molecule has 108 valence electrons. The van der Waals surface area contributed by atoms with Gasteiger partial charge in [-0.15, -0.1) is 11.3 Å². The number of rotatable bonds is 3. The predicted molar refractivity (Wildman–Crippen MR) is 78.1 cm³/mol. The summed E-state index contributed by atoms with van der Waals surface area (Å²) in [6.45, 7) is 3.76. The zero-order chi connectivity index (χ0) is 14.1. The first kappa shape index (κ1) is 13.6. The molecule has 3 rings (SSSR count). The van der Waals surface area contributed by atoms with Gasteiger partial charge in [0.05, 0.1) is 6.54 Å². The number of carbonyl (C=O) groups excluding carboxylic acids is 2. The lowest BCUT2D eigenvalue weighted by Crippen LogP contribution is -2.49. The van der Waals surface area contributed by atoms with Gasteiger partial charge in [-0.2, -0.15) is 0 Å². The van der Waals surface area contributed by atoms with Crippen molar-refractivity contribution in [1.29, 1.82) is 0 Å². The minimum Gasteiger partial charge on any atom is -0.351 e. The van der Waals surface area contributed by atoms with E-state index in [0.29, 0.717) is 18.4 Å². The number of fused-ring (bicyclic) bond motifs is 2. The highest BCUT2D eigenvalue weighted by atomic mass is 32.1. The molecule has 2 aliphatic rings. The van der Waals surface area contributed by atoms with Crippen LogP contribution >= 0.6 is 11.3 Å². The van der Waals surface area contributed by atoms with Crippen LogP contribution in [-0.4, -0.2) is 29.8 Å². The zero-order valence-electron chi connectivity index (χ0n) is 11.7. The summed E-state index contributed by atoms with van der Waals surface area (Å²) >= 11 is 1.67. The standard InChI is InChI=1S/C15H20N2O2S/c1-10(18)17-8-11-4-5-12(9-17)14(11)15(19)16-7-13-3-2-6-20-13/h2-3,6,11-12,14H,4-5,7-9H2,1H3,(H,16,19). The van der Waals surface area contributed by atoms with Gasteiger partial charge in [-0.3, -0.25) is 9.59 Å². The second-order valence-corrected chi connectivity index (χ2v) is 6.88. The van der Waals surface area contributed by atoms with Gasteiger partial charge in [-0.05, 0) is 36.1 Å². The summed E-state index contributed by atoms with van der Waals surface area (Å²) in [6, 6.07) is 4.04. The van der Waals surface area contributed by atoms with E-state index in [1.807, 2.05) is 22.4 Å². The molecule has 1 saturated heterocycles. The second-order valence-electron chi connectivity index (χ2n) is 5.84. The van der Waals surface area contributed by atoms with Crippen molar-refractivity contribution in [3.63, 3.8) is 0 Å². The van der Waals surface area contributed by atoms with E-state index in [0.717, 1.165) is 25.9 Å². The number of thiophene rings is 1. The first-order chi connectivity index (χ1) is 9.65. The van der Waals surface area contributed by atoms with Gasteiger partial charge in [0.25, 0.3) is 0 Å². The van der Waals surface area contributed by atoms with Crippen molar-refractivity contribution < 1.29 is 9.59 Å². The quantitative estimate of drug-likeness (QED) is 0.924. The van der Waals surface area contributed by atoms with Crippen molar-refractivity contribution in [3.8, 4) is 0 Å². The summed E-state index contributed by atoms with van der Waals surface area (Å²) in [7, 11) is 0. The summed E-state index contributed by atoms with van der Waals surface area (Å²) in [5.41, 5.74) is 0. The number of nitrogens with zero attached hydrogens (tertiary/aromatic N) is 1. The maximum atomic E-state index is 12.4. The van der Waals surface area contributed by atoms with Crippen LogP contribution in [0.2, 0.25) is 0 Å². The van der Waals surface area contributed by atoms with Crippen LogP contribution in [0.3, 0.4) is 0 Å². The molecule has 0 radical (unpaired) electrons. The smallest absolute Gasteiger partial charge is 0.224 e. The van der Waals surface area contributed by atoms with Gasteiger partial charge in [0.15, 0.2) is 0 Å². The number of amides is 2. The van der Waals surface area contributed by atoms with Crippen LogP contribution in [0.25, 0.3) is 0 Å². The Hall–Kier alpha value is -1.36. The highest BCUT2D eigenvalue weighted by Gasteiger charge is 2.46. The largest absolute Gasteiger partial charge is 0.351 e. The van der Waals surface area contributed by atoms with E-state index >= 15 is 0 Å². The first-order valence-corrected chi connectivity index (χ1v) is 8.08. The molecule has 20 heavy (non-hydrogen) atoms. The van der Waals surface area contributed by atoms with E-state index in [9.17, 15) is 9.59 Å². The van der Waals surface area contributed by atoms with Crippen molar-refractivity contribution in [1.82, 2.24) is 10.2 Å². The highest BCUT2D eigenvalue weighted by Crippen LogP contribution is 2.42. The lowest BCUT2D eigenvalue weighted by molar-refractivity contribution is -0.137. The molecule has 1 aliphatic heterocycles. The van der Waals surface area contributed by atoms with Crippen molar-refractivity contribution in [3.05, 3.63) is 22.4 Å². The highest BCUT2D eigenvalue weighted by molar-refractivity contribution is 7.09. The Morgan fingerprint density at radius 1 is 1.35 bits per heavy atom. The van der Waals surface area contributed by atoms with Crippen LogP contribution in [0.1, 0.15) is 24.6 Å². The summed E-state index contributed by atoms with van der Waals surface area (Å²) in [5.74, 6) is 1.11. The molecule has 1 saturated carbocycles. The average Bonchev–Trinajstić information content (AvgIpc) is 3.02. The van der Waals surface area contributed by atoms with Crippen molar-refractivity contribution in [2.75, 3.05) is 13.1 Å². The van der Waals surface area contributed by atoms with Gasteiger partial charge in [0, 0.05) is 30.8 Å². The number of piperidine rings is 1. The molecule has 0 aromatic carbocycles. The van der Waals surface area contributed by atoms with E-state index in [2.05, 4.69) is 5.32 Å². The minimum absolute atomic E-state index is 0.102. The van der Waals surface area contributed by atoms with Gasteiger partial charge in [0.2, 0.25) is 11.8 Å². The molecule has 0 spiro atoms. The Morgan fingerprint density at radius 2 is 2.05 bits per heavy atom. The monoisotopic (exact) mass is 292 g/mol. The third-order valence-corrected chi connectivity index (χ3v) is 5.48. The Bertz CT molecular complexity index is 486. The van der Waals surface area contributed by atoms with E-state index < -0.39 is 0 Å². The number of carbonyl (C=O) groups is 2. The Kier molecular flexibility index (Phi) is 3.78. The van der Waals surface area contributed by atoms with Crippen LogP contribution in [0.5, 0.6) is 0 Å². The Balaban J connectivity index is 1.60. The van der Waals surface area contributed by atoms with Crippen molar-refractivity contribution in [2.24, 2.45) is 17.8 Å². The maximum Gasteiger partial charge on any atom is 0.224 e. The van der Waals surface area contributed by atoms with Crippen LogP contribution in [0.15, 0.2) is 17.5 Å². The maximum absolute atomic E-state index is 12.4. The van der Waals surface area contributed by atoms with E-state index in [4.69, 9.17) is 0 Å². The second kappa shape index (κ2) is 5.56. The SMILES string of the molecule is CC(=O)N1CC2CCC(C1)C2C(=O)NCc1cccs1. The van der Waals surface area contributed by atoms with Gasteiger partial charge in [-0.25, -0.2) is 0 Å². The first-order valence-electron chi connectivity index (χ1n) is 7.20. The molecule has 2 heterocycles. The normalized spacial score (nSPS) is 28.4. The van der Waals surface area contributed by atoms with Crippen LogP contribution in [0.4, 0.5) is 0 Å². The number of nitrogens with one attached hydrogen (secondary N) is 1. The van der Waals surface area contributed by atoms with Crippen molar-refractivity contribution >= 4 is 23.2 Å². The summed E-state index contributed by atoms with van der Waals surface area (Å²) in [5, 5.41) is 5.09. The molecule has 1 aliphatic carbocycles. The molecular formula is C15H20N2O2S. The minimum atomic E-state index is 0.102. The van der Waals surface area contributed by atoms with Gasteiger partial charge in [0.1, 0.15) is 0 Å². The van der Waals surface area contributed by atoms with Gasteiger partial charge >= 0.3 is 0 Å². The number of likely N-dealkylation sites (tertiary alicyclic amines) is 1. The Morgan fingerprint density at radius 3 is 2.60 bits per heavy atom. The molecule has 1 aromatic rings. The molecule has 5 heteroatoms. The molecule has 4 nitrogen and oxygen atoms in total. The molecule has 2 fully saturated rings. The fraction of sp³-hybridized carbons (Fsp3) is 0.600. The van der Waals surface area contributed by atoms with E-state index in [1.165, 1.54) is 4.88 Å². The Labute approximate surface area is 123 Å². The van der Waals surface area contributed by atoms with Gasteiger partial charge in [-0.1, -0.05) is 6.07 Å². The predicted octanol–water partition coefficient (Wildman–Crippen LogP) is 1.87. The summed E-state index contributed by atoms with van der Waals surface area (Å²) in [4.78, 5) is 27.0.